The number of hydrogen-bond acceptors (Lipinski definition) is 8. The van der Waals surface area contributed by atoms with E-state index < -0.39 is 16.9 Å². The Bertz CT molecular complexity index is 1810. The maximum Gasteiger partial charge on any atom is 0.338 e. The highest BCUT2D eigenvalue weighted by molar-refractivity contribution is 7.07. The summed E-state index contributed by atoms with van der Waals surface area (Å²) in [5.41, 5.74) is 3.13. The number of carbonyl (C=O) groups is 1. The normalized spacial score (nSPS) is 15.2. The molecule has 1 unspecified atom stereocenters. The minimum absolute atomic E-state index is 0.0116. The van der Waals surface area contributed by atoms with E-state index in [-0.39, 0.29) is 17.9 Å². The highest BCUT2D eigenvalue weighted by Gasteiger charge is 2.33. The van der Waals surface area contributed by atoms with E-state index in [0.717, 1.165) is 11.1 Å². The van der Waals surface area contributed by atoms with Crippen molar-refractivity contribution >= 4 is 29.1 Å². The summed E-state index contributed by atoms with van der Waals surface area (Å²) in [6, 6.07) is 16.7. The van der Waals surface area contributed by atoms with Gasteiger partial charge in [-0.3, -0.25) is 19.5 Å². The van der Waals surface area contributed by atoms with Crippen LogP contribution in [0.5, 0.6) is 0 Å². The molecule has 10 heteroatoms. The van der Waals surface area contributed by atoms with Gasteiger partial charge in [-0.05, 0) is 55.2 Å². The summed E-state index contributed by atoms with van der Waals surface area (Å²) in [4.78, 5) is 42.4. The topological polar surface area (TPSA) is 117 Å². The largest absolute Gasteiger partial charge is 0.463 e. The molecule has 5 rings (SSSR count). The molecule has 2 aromatic heterocycles. The fourth-order valence-corrected chi connectivity index (χ4v) is 5.66. The Morgan fingerprint density at radius 2 is 1.85 bits per heavy atom. The molecule has 4 aromatic rings. The number of allylic oxidation sites excluding steroid dienone is 1. The van der Waals surface area contributed by atoms with Gasteiger partial charge in [0, 0.05) is 23.8 Å². The molecule has 3 heterocycles. The van der Waals surface area contributed by atoms with E-state index in [4.69, 9.17) is 9.15 Å². The minimum Gasteiger partial charge on any atom is -0.463 e. The highest BCUT2D eigenvalue weighted by atomic mass is 32.1. The molecule has 204 valence electrons. The Balaban J connectivity index is 1.59. The second-order valence-corrected chi connectivity index (χ2v) is 10.6. The number of nitrogens with zero attached hydrogens (tertiary/aromatic N) is 3. The molecule has 0 saturated carbocycles. The Morgan fingerprint density at radius 1 is 1.15 bits per heavy atom. The lowest BCUT2D eigenvalue weighted by Gasteiger charge is -2.25. The van der Waals surface area contributed by atoms with Crippen LogP contribution in [0.3, 0.4) is 0 Å². The number of thiazole rings is 1. The smallest absolute Gasteiger partial charge is 0.338 e. The molecule has 0 radical (unpaired) electrons. The van der Waals surface area contributed by atoms with E-state index >= 15 is 0 Å². The fourth-order valence-electron chi connectivity index (χ4n) is 4.63. The second-order valence-electron chi connectivity index (χ2n) is 9.63. The Hall–Kier alpha value is -4.57. The number of nitro benzene ring substituents is 1. The summed E-state index contributed by atoms with van der Waals surface area (Å²) in [5, 5.41) is 10.9. The van der Waals surface area contributed by atoms with Crippen LogP contribution in [0.25, 0.3) is 17.4 Å². The Morgan fingerprint density at radius 3 is 2.48 bits per heavy atom. The van der Waals surface area contributed by atoms with Crippen molar-refractivity contribution in [3.05, 3.63) is 119 Å². The van der Waals surface area contributed by atoms with Crippen LogP contribution in [0.15, 0.2) is 86.1 Å². The minimum atomic E-state index is -0.689. The van der Waals surface area contributed by atoms with Crippen LogP contribution < -0.4 is 14.9 Å². The third-order valence-corrected chi connectivity index (χ3v) is 7.68. The lowest BCUT2D eigenvalue weighted by atomic mass is 9.93. The first-order valence-electron chi connectivity index (χ1n) is 12.8. The van der Waals surface area contributed by atoms with Gasteiger partial charge in [0.25, 0.3) is 11.2 Å². The van der Waals surface area contributed by atoms with Crippen LogP contribution in [0, 0.1) is 10.1 Å². The van der Waals surface area contributed by atoms with Crippen LogP contribution in [0.1, 0.15) is 56.5 Å². The second kappa shape index (κ2) is 10.9. The van der Waals surface area contributed by atoms with Gasteiger partial charge < -0.3 is 9.15 Å². The zero-order valence-corrected chi connectivity index (χ0v) is 23.2. The van der Waals surface area contributed by atoms with E-state index in [1.165, 1.54) is 23.5 Å². The molecule has 9 nitrogen and oxygen atoms in total. The molecule has 1 aliphatic rings. The van der Waals surface area contributed by atoms with Gasteiger partial charge >= 0.3 is 5.97 Å². The number of nitro groups is 1. The average Bonchev–Trinajstić information content (AvgIpc) is 3.52. The van der Waals surface area contributed by atoms with Crippen LogP contribution >= 0.6 is 11.3 Å². The number of ether oxygens (including phenoxy) is 1. The van der Waals surface area contributed by atoms with E-state index in [0.29, 0.717) is 43.6 Å². The van der Waals surface area contributed by atoms with Crippen molar-refractivity contribution in [2.45, 2.75) is 39.7 Å². The van der Waals surface area contributed by atoms with Gasteiger partial charge in [0.15, 0.2) is 4.80 Å². The van der Waals surface area contributed by atoms with Crippen molar-refractivity contribution in [1.29, 1.82) is 0 Å². The molecule has 0 amide bonds. The molecule has 0 N–H and O–H groups in total. The number of rotatable bonds is 7. The number of esters is 1. The van der Waals surface area contributed by atoms with Gasteiger partial charge in [-0.2, -0.15) is 0 Å². The van der Waals surface area contributed by atoms with Crippen LogP contribution in [0.2, 0.25) is 0 Å². The van der Waals surface area contributed by atoms with Crippen LogP contribution in [-0.4, -0.2) is 22.1 Å². The van der Waals surface area contributed by atoms with Crippen molar-refractivity contribution < 1.29 is 18.9 Å². The first kappa shape index (κ1) is 27.0. The summed E-state index contributed by atoms with van der Waals surface area (Å²) >= 11 is 1.21. The fraction of sp³-hybridized carbons (Fsp3) is 0.233. The summed E-state index contributed by atoms with van der Waals surface area (Å²) in [6.07, 6.45) is 1.64. The van der Waals surface area contributed by atoms with E-state index in [9.17, 15) is 19.7 Å². The molecule has 0 bridgehead atoms. The summed E-state index contributed by atoms with van der Waals surface area (Å²) in [7, 11) is 0. The predicted octanol–water partition coefficient (Wildman–Crippen LogP) is 5.09. The summed E-state index contributed by atoms with van der Waals surface area (Å²) < 4.78 is 13.2. The number of aromatic nitrogens is 1. The number of carbonyl (C=O) groups excluding carboxylic acids is 1. The number of hydrogen-bond donors (Lipinski definition) is 0. The predicted molar refractivity (Wildman–Crippen MR) is 152 cm³/mol. The first-order valence-corrected chi connectivity index (χ1v) is 13.6. The van der Waals surface area contributed by atoms with Gasteiger partial charge in [-0.1, -0.05) is 49.4 Å². The molecule has 2 aromatic carbocycles. The number of benzene rings is 2. The average molecular weight is 558 g/mol. The molecule has 0 saturated heterocycles. The van der Waals surface area contributed by atoms with E-state index in [1.807, 2.05) is 24.3 Å². The van der Waals surface area contributed by atoms with Gasteiger partial charge in [-0.15, -0.1) is 0 Å². The molecule has 0 spiro atoms. The monoisotopic (exact) mass is 557 g/mol. The molecule has 0 aliphatic carbocycles. The van der Waals surface area contributed by atoms with Crippen LogP contribution in [-0.2, 0) is 9.53 Å². The first-order chi connectivity index (χ1) is 19.2. The number of furan rings is 1. The lowest BCUT2D eigenvalue weighted by Crippen LogP contribution is -2.39. The molecular formula is C30H27N3O6S. The Kier molecular flexibility index (Phi) is 7.36. The highest BCUT2D eigenvalue weighted by Crippen LogP contribution is 2.31. The quantitative estimate of drug-likeness (QED) is 0.178. The van der Waals surface area contributed by atoms with Gasteiger partial charge in [-0.25, -0.2) is 9.79 Å². The Labute approximate surface area is 233 Å². The van der Waals surface area contributed by atoms with Crippen molar-refractivity contribution in [2.24, 2.45) is 4.99 Å². The van der Waals surface area contributed by atoms with Crippen molar-refractivity contribution in [3.63, 3.8) is 0 Å². The van der Waals surface area contributed by atoms with Crippen LogP contribution in [0.4, 0.5) is 5.69 Å². The van der Waals surface area contributed by atoms with Crippen molar-refractivity contribution in [3.8, 4) is 11.3 Å². The number of fused-ring (bicyclic) bond motifs is 1. The summed E-state index contributed by atoms with van der Waals surface area (Å²) in [6.45, 7) is 7.90. The third-order valence-electron chi connectivity index (χ3n) is 6.70. The van der Waals surface area contributed by atoms with Crippen molar-refractivity contribution in [2.75, 3.05) is 6.61 Å². The maximum atomic E-state index is 13.8. The molecular weight excluding hydrogens is 530 g/mol. The molecule has 1 aliphatic heterocycles. The number of non-ortho nitro benzene ring substituents is 1. The molecule has 0 fully saturated rings. The maximum absolute atomic E-state index is 13.8. The standard InChI is InChI=1S/C30H27N3O6S/c1-5-38-29(35)26-18(4)31-30-32(27(26)21-8-6-19(7-9-21)17(2)3)28(34)25(40-30)16-23-14-15-24(39-23)20-10-12-22(13-11-20)33(36)37/h6-17,27H,5H2,1-4H3/b25-16-. The van der Waals surface area contributed by atoms with E-state index in [1.54, 1.807) is 48.8 Å². The van der Waals surface area contributed by atoms with Gasteiger partial charge in [0.05, 0.1) is 33.4 Å². The van der Waals surface area contributed by atoms with Gasteiger partial charge in [0.1, 0.15) is 11.5 Å². The zero-order chi connectivity index (χ0) is 28.6. The van der Waals surface area contributed by atoms with E-state index in [2.05, 4.69) is 18.8 Å². The SMILES string of the molecule is CCOC(=O)C1=C(C)N=c2s/c(=C\c3ccc(-c4ccc([N+](=O)[O-])cc4)o3)c(=O)n2C1c1ccc(C(C)C)cc1. The summed E-state index contributed by atoms with van der Waals surface area (Å²) in [5.74, 6) is 0.784. The zero-order valence-electron chi connectivity index (χ0n) is 22.4. The molecule has 40 heavy (non-hydrogen) atoms. The van der Waals surface area contributed by atoms with Crippen molar-refractivity contribution in [1.82, 2.24) is 4.57 Å². The van der Waals surface area contributed by atoms with Gasteiger partial charge in [0.2, 0.25) is 0 Å². The third kappa shape index (κ3) is 5.05. The lowest BCUT2D eigenvalue weighted by molar-refractivity contribution is -0.384. The molecule has 1 atom stereocenters.